The molecule has 0 aliphatic carbocycles. The van der Waals surface area contributed by atoms with E-state index in [4.69, 9.17) is 16.3 Å². The molecule has 0 amide bonds. The minimum absolute atomic E-state index is 0.204. The van der Waals surface area contributed by atoms with Crippen LogP contribution in [-0.2, 0) is 0 Å². The number of hydrogen-bond donors (Lipinski definition) is 0. The van der Waals surface area contributed by atoms with Crippen molar-refractivity contribution in [1.82, 2.24) is 9.97 Å². The molecule has 23 heavy (non-hydrogen) atoms. The Bertz CT molecular complexity index is 697. The standard InChI is InChI=1S/C18H22ClN3O/c1-12-13(2)20-14(3)21-18(12)22-10-8-15(9-11-22)23-17-7-5-4-6-16(17)19/h4-7,15H,8-11H2,1-3H3. The highest BCUT2D eigenvalue weighted by atomic mass is 35.5. The molecule has 0 N–H and O–H groups in total. The molecule has 1 saturated heterocycles. The molecule has 2 aromatic rings. The number of halogens is 1. The third-order valence-electron chi connectivity index (χ3n) is 4.35. The summed E-state index contributed by atoms with van der Waals surface area (Å²) in [6.45, 7) is 7.96. The highest BCUT2D eigenvalue weighted by molar-refractivity contribution is 6.32. The molecule has 2 heterocycles. The second-order valence-electron chi connectivity index (χ2n) is 6.04. The summed E-state index contributed by atoms with van der Waals surface area (Å²) < 4.78 is 6.06. The number of hydrogen-bond acceptors (Lipinski definition) is 4. The Kier molecular flexibility index (Phi) is 4.71. The van der Waals surface area contributed by atoms with Crippen LogP contribution in [0.4, 0.5) is 5.82 Å². The lowest BCUT2D eigenvalue weighted by molar-refractivity contribution is 0.171. The molecule has 1 aromatic heterocycles. The Morgan fingerprint density at radius 3 is 2.48 bits per heavy atom. The SMILES string of the molecule is Cc1nc(C)c(C)c(N2CCC(Oc3ccccc3Cl)CC2)n1. The van der Waals surface area contributed by atoms with Gasteiger partial charge in [-0.15, -0.1) is 0 Å². The van der Waals surface area contributed by atoms with Crippen LogP contribution in [0.5, 0.6) is 5.75 Å². The first-order valence-electron chi connectivity index (χ1n) is 8.02. The zero-order valence-electron chi connectivity index (χ0n) is 13.8. The average Bonchev–Trinajstić information content (AvgIpc) is 2.54. The highest BCUT2D eigenvalue weighted by Gasteiger charge is 2.23. The van der Waals surface area contributed by atoms with Gasteiger partial charge in [-0.3, -0.25) is 0 Å². The number of benzene rings is 1. The molecular weight excluding hydrogens is 310 g/mol. The number of rotatable bonds is 3. The van der Waals surface area contributed by atoms with Gasteiger partial charge in [-0.2, -0.15) is 0 Å². The number of para-hydroxylation sites is 1. The number of anilines is 1. The summed E-state index contributed by atoms with van der Waals surface area (Å²) >= 11 is 6.17. The predicted molar refractivity (Wildman–Crippen MR) is 93.6 cm³/mol. The van der Waals surface area contributed by atoms with Crippen LogP contribution in [0, 0.1) is 20.8 Å². The normalized spacial score (nSPS) is 15.7. The van der Waals surface area contributed by atoms with Crippen LogP contribution in [0.1, 0.15) is 29.9 Å². The van der Waals surface area contributed by atoms with Crippen molar-refractivity contribution in [3.8, 4) is 5.75 Å². The molecule has 0 unspecified atom stereocenters. The molecular formula is C18H22ClN3O. The molecule has 1 fully saturated rings. The third kappa shape index (κ3) is 3.58. The minimum atomic E-state index is 0.204. The molecule has 0 spiro atoms. The lowest BCUT2D eigenvalue weighted by atomic mass is 10.1. The third-order valence-corrected chi connectivity index (χ3v) is 4.66. The number of piperidine rings is 1. The van der Waals surface area contributed by atoms with E-state index in [9.17, 15) is 0 Å². The summed E-state index contributed by atoms with van der Waals surface area (Å²) in [5.41, 5.74) is 2.23. The molecule has 5 heteroatoms. The predicted octanol–water partition coefficient (Wildman–Crippen LogP) is 4.10. The molecule has 4 nitrogen and oxygen atoms in total. The fourth-order valence-electron chi connectivity index (χ4n) is 2.96. The molecule has 3 rings (SSSR count). The molecule has 1 aromatic carbocycles. The maximum absolute atomic E-state index is 6.17. The molecule has 0 bridgehead atoms. The van der Waals surface area contributed by atoms with E-state index >= 15 is 0 Å². The van der Waals surface area contributed by atoms with Gasteiger partial charge in [-0.1, -0.05) is 23.7 Å². The zero-order chi connectivity index (χ0) is 16.4. The summed E-state index contributed by atoms with van der Waals surface area (Å²) in [6, 6.07) is 7.66. The fourth-order valence-corrected chi connectivity index (χ4v) is 3.14. The first-order valence-corrected chi connectivity index (χ1v) is 8.40. The van der Waals surface area contributed by atoms with Gasteiger partial charge in [0, 0.05) is 37.2 Å². The number of aryl methyl sites for hydroxylation is 2. The second kappa shape index (κ2) is 6.75. The van der Waals surface area contributed by atoms with Gasteiger partial charge in [0.05, 0.1) is 5.02 Å². The Hall–Kier alpha value is -1.81. The van der Waals surface area contributed by atoms with E-state index in [1.165, 1.54) is 5.56 Å². The Morgan fingerprint density at radius 1 is 1.09 bits per heavy atom. The van der Waals surface area contributed by atoms with E-state index in [2.05, 4.69) is 21.8 Å². The minimum Gasteiger partial charge on any atom is -0.489 e. The van der Waals surface area contributed by atoms with Crippen molar-refractivity contribution in [2.75, 3.05) is 18.0 Å². The van der Waals surface area contributed by atoms with Gasteiger partial charge in [0.15, 0.2) is 0 Å². The maximum Gasteiger partial charge on any atom is 0.138 e. The van der Waals surface area contributed by atoms with E-state index in [-0.39, 0.29) is 6.10 Å². The van der Waals surface area contributed by atoms with Gasteiger partial charge in [0.25, 0.3) is 0 Å². The van der Waals surface area contributed by atoms with Crippen molar-refractivity contribution in [2.45, 2.75) is 39.7 Å². The topological polar surface area (TPSA) is 38.2 Å². The van der Waals surface area contributed by atoms with Crippen LogP contribution >= 0.6 is 11.6 Å². The van der Waals surface area contributed by atoms with Crippen LogP contribution in [0.25, 0.3) is 0 Å². The Balaban J connectivity index is 1.66. The molecule has 0 atom stereocenters. The molecule has 0 saturated carbocycles. The van der Waals surface area contributed by atoms with E-state index in [1.54, 1.807) is 0 Å². The van der Waals surface area contributed by atoms with Gasteiger partial charge < -0.3 is 9.64 Å². The number of ether oxygens (including phenoxy) is 1. The average molecular weight is 332 g/mol. The first-order chi connectivity index (χ1) is 11.0. The summed E-state index contributed by atoms with van der Waals surface area (Å²) in [7, 11) is 0. The van der Waals surface area contributed by atoms with Crippen LogP contribution in [-0.4, -0.2) is 29.2 Å². The summed E-state index contributed by atoms with van der Waals surface area (Å²) in [4.78, 5) is 11.4. The van der Waals surface area contributed by atoms with Crippen molar-refractivity contribution in [3.05, 3.63) is 46.4 Å². The molecule has 0 radical (unpaired) electrons. The van der Waals surface area contributed by atoms with E-state index in [1.807, 2.05) is 38.1 Å². The fraction of sp³-hybridized carbons (Fsp3) is 0.444. The van der Waals surface area contributed by atoms with Crippen molar-refractivity contribution >= 4 is 17.4 Å². The quantitative estimate of drug-likeness (QED) is 0.848. The number of aromatic nitrogens is 2. The van der Waals surface area contributed by atoms with Crippen molar-refractivity contribution in [2.24, 2.45) is 0 Å². The van der Waals surface area contributed by atoms with E-state index in [0.29, 0.717) is 5.02 Å². The molecule has 1 aliphatic rings. The van der Waals surface area contributed by atoms with Gasteiger partial charge in [0.2, 0.25) is 0 Å². The monoisotopic (exact) mass is 331 g/mol. The van der Waals surface area contributed by atoms with Crippen molar-refractivity contribution in [1.29, 1.82) is 0 Å². The van der Waals surface area contributed by atoms with Gasteiger partial charge >= 0.3 is 0 Å². The summed E-state index contributed by atoms with van der Waals surface area (Å²) in [5.74, 6) is 2.67. The lowest BCUT2D eigenvalue weighted by Crippen LogP contribution is -2.39. The summed E-state index contributed by atoms with van der Waals surface area (Å²) in [5, 5.41) is 0.674. The van der Waals surface area contributed by atoms with E-state index < -0.39 is 0 Å². The first kappa shape index (κ1) is 16.1. The Morgan fingerprint density at radius 2 is 1.78 bits per heavy atom. The van der Waals surface area contributed by atoms with Gasteiger partial charge in [-0.25, -0.2) is 9.97 Å². The van der Waals surface area contributed by atoms with Crippen molar-refractivity contribution in [3.63, 3.8) is 0 Å². The lowest BCUT2D eigenvalue weighted by Gasteiger charge is -2.34. The highest BCUT2D eigenvalue weighted by Crippen LogP contribution is 2.28. The van der Waals surface area contributed by atoms with Crippen LogP contribution in [0.2, 0.25) is 5.02 Å². The van der Waals surface area contributed by atoms with Crippen LogP contribution < -0.4 is 9.64 Å². The Labute approximate surface area is 142 Å². The maximum atomic E-state index is 6.17. The molecule has 1 aliphatic heterocycles. The number of nitrogens with zero attached hydrogens (tertiary/aromatic N) is 3. The molecule has 122 valence electrons. The van der Waals surface area contributed by atoms with Crippen molar-refractivity contribution < 1.29 is 4.74 Å². The van der Waals surface area contributed by atoms with Crippen LogP contribution in [0.15, 0.2) is 24.3 Å². The smallest absolute Gasteiger partial charge is 0.138 e. The second-order valence-corrected chi connectivity index (χ2v) is 6.45. The van der Waals surface area contributed by atoms with E-state index in [0.717, 1.165) is 49.0 Å². The van der Waals surface area contributed by atoms with Gasteiger partial charge in [0.1, 0.15) is 23.5 Å². The van der Waals surface area contributed by atoms with Crippen LogP contribution in [0.3, 0.4) is 0 Å². The largest absolute Gasteiger partial charge is 0.489 e. The van der Waals surface area contributed by atoms with Gasteiger partial charge in [-0.05, 0) is 32.9 Å². The zero-order valence-corrected chi connectivity index (χ0v) is 14.6. The summed E-state index contributed by atoms with van der Waals surface area (Å²) in [6.07, 6.45) is 2.13.